The Morgan fingerprint density at radius 3 is 2.70 bits per heavy atom. The highest BCUT2D eigenvalue weighted by atomic mass is 35.5. The average Bonchev–Trinajstić information content (AvgIpc) is 2.45. The van der Waals surface area contributed by atoms with Crippen molar-refractivity contribution < 1.29 is 0 Å². The van der Waals surface area contributed by atoms with Crippen LogP contribution in [0.15, 0.2) is 30.5 Å². The van der Waals surface area contributed by atoms with Crippen LogP contribution < -0.4 is 21.8 Å². The summed E-state index contributed by atoms with van der Waals surface area (Å²) < 4.78 is 0. The predicted molar refractivity (Wildman–Crippen MR) is 84.3 cm³/mol. The first kappa shape index (κ1) is 14.6. The smallest absolute Gasteiger partial charge is 0.229 e. The number of benzene rings is 1. The Kier molecular flexibility index (Phi) is 5.20. The summed E-state index contributed by atoms with van der Waals surface area (Å²) in [6.45, 7) is 1.34. The molecule has 0 spiro atoms. The number of nitrogens with one attached hydrogen (secondary N) is 2. The molecule has 0 saturated carbocycles. The highest BCUT2D eigenvalue weighted by molar-refractivity contribution is 6.35. The molecule has 7 heteroatoms. The lowest BCUT2D eigenvalue weighted by Crippen LogP contribution is -2.18. The van der Waals surface area contributed by atoms with Crippen molar-refractivity contribution in [2.45, 2.75) is 6.42 Å². The van der Waals surface area contributed by atoms with Gasteiger partial charge in [0.05, 0.1) is 0 Å². The number of nitrogens with zero attached hydrogens (tertiary/aromatic N) is 2. The quantitative estimate of drug-likeness (QED) is 0.553. The summed E-state index contributed by atoms with van der Waals surface area (Å²) in [6, 6.07) is 7.29. The van der Waals surface area contributed by atoms with E-state index in [1.807, 2.05) is 12.1 Å². The average molecular weight is 288 g/mol. The zero-order valence-corrected chi connectivity index (χ0v) is 11.7. The number of rotatable bonds is 6. The largest absolute Gasteiger partial charge is 0.370 e. The summed E-state index contributed by atoms with van der Waals surface area (Å²) in [6.07, 6.45) is 2.42. The molecule has 0 aliphatic carbocycles. The lowest BCUT2D eigenvalue weighted by atomic mass is 9.99. The summed E-state index contributed by atoms with van der Waals surface area (Å²) >= 11 is 5.84. The molecule has 1 aromatic carbocycles. The van der Waals surface area contributed by atoms with Gasteiger partial charge in [-0.2, -0.15) is 4.98 Å². The van der Waals surface area contributed by atoms with Gasteiger partial charge in [0.25, 0.3) is 0 Å². The lowest BCUT2D eigenvalue weighted by molar-refractivity contribution is 0.870. The number of hydrogen-bond acceptors (Lipinski definition) is 5. The van der Waals surface area contributed by atoms with Gasteiger partial charge in [-0.3, -0.25) is 0 Å². The molecular formula is C13H15BClN5. The van der Waals surface area contributed by atoms with Crippen LogP contribution in [0.3, 0.4) is 0 Å². The molecule has 1 heterocycles. The fraction of sp³-hybridized carbons (Fsp3) is 0.231. The minimum Gasteiger partial charge on any atom is -0.370 e. The Bertz CT molecular complexity index is 561. The topological polar surface area (TPSA) is 75.9 Å². The van der Waals surface area contributed by atoms with Crippen LogP contribution in [0, 0.1) is 0 Å². The maximum Gasteiger partial charge on any atom is 0.229 e. The third-order valence-corrected chi connectivity index (χ3v) is 2.84. The molecule has 2 radical (unpaired) electrons. The van der Waals surface area contributed by atoms with Crippen LogP contribution in [-0.4, -0.2) is 30.9 Å². The van der Waals surface area contributed by atoms with Crippen molar-refractivity contribution in [3.8, 4) is 0 Å². The van der Waals surface area contributed by atoms with E-state index in [1.54, 1.807) is 18.3 Å². The minimum atomic E-state index is 0.469. The second-order valence-corrected chi connectivity index (χ2v) is 4.63. The molecule has 0 saturated heterocycles. The molecule has 2 aromatic rings. The zero-order chi connectivity index (χ0) is 14.4. The normalized spacial score (nSPS) is 10.3. The zero-order valence-electron chi connectivity index (χ0n) is 10.9. The fourth-order valence-electron chi connectivity index (χ4n) is 1.56. The summed E-state index contributed by atoms with van der Waals surface area (Å²) in [4.78, 5) is 8.47. The van der Waals surface area contributed by atoms with Crippen LogP contribution in [0.1, 0.15) is 6.42 Å². The van der Waals surface area contributed by atoms with Gasteiger partial charge in [0.1, 0.15) is 13.7 Å². The van der Waals surface area contributed by atoms with Crippen LogP contribution in [-0.2, 0) is 0 Å². The van der Waals surface area contributed by atoms with Gasteiger partial charge in [0.15, 0.2) is 0 Å². The van der Waals surface area contributed by atoms with Crippen molar-refractivity contribution in [1.82, 2.24) is 9.97 Å². The van der Waals surface area contributed by atoms with Crippen molar-refractivity contribution in [3.63, 3.8) is 0 Å². The Hall–Kier alpha value is -1.79. The van der Waals surface area contributed by atoms with Gasteiger partial charge >= 0.3 is 0 Å². The van der Waals surface area contributed by atoms with E-state index in [9.17, 15) is 0 Å². The van der Waals surface area contributed by atoms with E-state index < -0.39 is 0 Å². The molecule has 20 heavy (non-hydrogen) atoms. The van der Waals surface area contributed by atoms with Crippen molar-refractivity contribution in [2.24, 2.45) is 5.73 Å². The molecular weight excluding hydrogens is 272 g/mol. The van der Waals surface area contributed by atoms with Gasteiger partial charge in [-0.25, -0.2) is 4.98 Å². The maximum absolute atomic E-state index is 5.84. The molecule has 1 aromatic heterocycles. The molecule has 0 amide bonds. The molecule has 102 valence electrons. The first-order valence-corrected chi connectivity index (χ1v) is 6.66. The van der Waals surface area contributed by atoms with E-state index in [2.05, 4.69) is 20.6 Å². The Morgan fingerprint density at radius 1 is 1.25 bits per heavy atom. The van der Waals surface area contributed by atoms with Gasteiger partial charge in [0.2, 0.25) is 5.95 Å². The van der Waals surface area contributed by atoms with E-state index in [4.69, 9.17) is 25.2 Å². The molecule has 0 atom stereocenters. The van der Waals surface area contributed by atoms with Gasteiger partial charge in [-0.15, -0.1) is 0 Å². The van der Waals surface area contributed by atoms with E-state index in [0.717, 1.165) is 18.7 Å². The van der Waals surface area contributed by atoms with Crippen molar-refractivity contribution in [1.29, 1.82) is 0 Å². The van der Waals surface area contributed by atoms with E-state index in [-0.39, 0.29) is 0 Å². The monoisotopic (exact) mass is 287 g/mol. The van der Waals surface area contributed by atoms with E-state index in [1.165, 1.54) is 0 Å². The molecule has 5 nitrogen and oxygen atoms in total. The maximum atomic E-state index is 5.84. The molecule has 0 aliphatic rings. The standard InChI is InChI=1S/C13H15BClN5/c14-11-8-18-13(20-12(11)17-7-1-6-16)19-10-4-2-9(15)3-5-10/h2-5,8H,1,6-7,16H2,(H2,17,18,19,20). The number of hydrogen-bond donors (Lipinski definition) is 3. The Labute approximate surface area is 124 Å². The molecule has 0 bridgehead atoms. The highest BCUT2D eigenvalue weighted by Crippen LogP contribution is 2.16. The van der Waals surface area contributed by atoms with Crippen molar-refractivity contribution in [3.05, 3.63) is 35.5 Å². The predicted octanol–water partition coefficient (Wildman–Crippen LogP) is 1.43. The van der Waals surface area contributed by atoms with Crippen LogP contribution in [0.2, 0.25) is 5.02 Å². The molecule has 0 unspecified atom stereocenters. The second-order valence-electron chi connectivity index (χ2n) is 4.20. The van der Waals surface area contributed by atoms with Gasteiger partial charge < -0.3 is 16.4 Å². The lowest BCUT2D eigenvalue weighted by Gasteiger charge is -2.11. The first-order chi connectivity index (χ1) is 9.69. The van der Waals surface area contributed by atoms with Crippen LogP contribution in [0.25, 0.3) is 0 Å². The van der Waals surface area contributed by atoms with Gasteiger partial charge in [-0.1, -0.05) is 11.6 Å². The Morgan fingerprint density at radius 2 is 2.00 bits per heavy atom. The number of anilines is 3. The van der Waals surface area contributed by atoms with Crippen molar-refractivity contribution in [2.75, 3.05) is 23.7 Å². The van der Waals surface area contributed by atoms with Gasteiger partial charge in [-0.05, 0) is 42.7 Å². The Balaban J connectivity index is 2.08. The summed E-state index contributed by atoms with van der Waals surface area (Å²) in [5.74, 6) is 1.07. The molecule has 4 N–H and O–H groups in total. The molecule has 0 aliphatic heterocycles. The van der Waals surface area contributed by atoms with Gasteiger partial charge in [0, 0.05) is 23.5 Å². The van der Waals surface area contributed by atoms with E-state index >= 15 is 0 Å². The van der Waals surface area contributed by atoms with Crippen LogP contribution in [0.5, 0.6) is 0 Å². The number of nitrogens with two attached hydrogens (primary N) is 1. The summed E-state index contributed by atoms with van der Waals surface area (Å²) in [5.41, 5.74) is 6.81. The fourth-order valence-corrected chi connectivity index (χ4v) is 1.69. The molecule has 2 rings (SSSR count). The van der Waals surface area contributed by atoms with Crippen LogP contribution in [0.4, 0.5) is 17.5 Å². The SMILES string of the molecule is [B]c1cnc(Nc2ccc(Cl)cc2)nc1NCCCN. The third kappa shape index (κ3) is 4.11. The van der Waals surface area contributed by atoms with E-state index in [0.29, 0.717) is 28.8 Å². The first-order valence-electron chi connectivity index (χ1n) is 6.28. The summed E-state index contributed by atoms with van der Waals surface area (Å²) in [5, 5.41) is 6.90. The summed E-state index contributed by atoms with van der Waals surface area (Å²) in [7, 11) is 5.82. The number of aromatic nitrogens is 2. The third-order valence-electron chi connectivity index (χ3n) is 2.59. The second kappa shape index (κ2) is 7.12. The van der Waals surface area contributed by atoms with Crippen LogP contribution >= 0.6 is 11.6 Å². The number of halogens is 1. The highest BCUT2D eigenvalue weighted by Gasteiger charge is 2.03. The minimum absolute atomic E-state index is 0.469. The van der Waals surface area contributed by atoms with Crippen molar-refractivity contribution >= 4 is 42.4 Å². The molecule has 0 fully saturated rings.